The molecule has 2 aromatic carbocycles. The summed E-state index contributed by atoms with van der Waals surface area (Å²) in [5.74, 6) is -2.16. The molecule has 166 valence electrons. The van der Waals surface area contributed by atoms with Crippen molar-refractivity contribution >= 4 is 27.6 Å². The van der Waals surface area contributed by atoms with Crippen LogP contribution in [0.4, 0.5) is 10.1 Å². The molecule has 0 spiro atoms. The van der Waals surface area contributed by atoms with Crippen LogP contribution in [0.5, 0.6) is 0 Å². The lowest BCUT2D eigenvalue weighted by Crippen LogP contribution is -2.42. The maximum absolute atomic E-state index is 13.8. The number of nitrogens with one attached hydrogen (secondary N) is 1. The highest BCUT2D eigenvalue weighted by atomic mass is 32.2. The third kappa shape index (κ3) is 5.68. The van der Waals surface area contributed by atoms with E-state index in [0.29, 0.717) is 18.5 Å². The number of hydrogen-bond acceptors (Lipinski definition) is 5. The normalized spacial score (nSPS) is 15.4. The molecule has 0 radical (unpaired) electrons. The lowest BCUT2D eigenvalue weighted by Gasteiger charge is -2.30. The van der Waals surface area contributed by atoms with Gasteiger partial charge in [-0.3, -0.25) is 4.79 Å². The van der Waals surface area contributed by atoms with E-state index in [9.17, 15) is 22.4 Å². The third-order valence-electron chi connectivity index (χ3n) is 5.19. The van der Waals surface area contributed by atoms with Gasteiger partial charge in [-0.15, -0.1) is 0 Å². The summed E-state index contributed by atoms with van der Waals surface area (Å²) in [5, 5.41) is 2.76. The van der Waals surface area contributed by atoms with Gasteiger partial charge < -0.3 is 10.1 Å². The van der Waals surface area contributed by atoms with E-state index >= 15 is 0 Å². The first-order valence-electron chi connectivity index (χ1n) is 10.1. The number of sulfonamides is 1. The van der Waals surface area contributed by atoms with Gasteiger partial charge in [-0.25, -0.2) is 21.9 Å². The topological polar surface area (TPSA) is 92.8 Å². The predicted octanol–water partition coefficient (Wildman–Crippen LogP) is 3.18. The molecule has 1 saturated heterocycles. The predicted molar refractivity (Wildman–Crippen MR) is 114 cm³/mol. The van der Waals surface area contributed by atoms with Crippen molar-refractivity contribution in [2.75, 3.05) is 25.0 Å². The highest BCUT2D eigenvalue weighted by Crippen LogP contribution is 2.25. The summed E-state index contributed by atoms with van der Waals surface area (Å²) >= 11 is 0. The van der Waals surface area contributed by atoms with Gasteiger partial charge in [-0.1, -0.05) is 30.3 Å². The molecule has 1 fully saturated rings. The highest BCUT2D eigenvalue weighted by molar-refractivity contribution is 7.88. The van der Waals surface area contributed by atoms with Gasteiger partial charge >= 0.3 is 5.97 Å². The Morgan fingerprint density at radius 1 is 1.10 bits per heavy atom. The first-order chi connectivity index (χ1) is 14.8. The second-order valence-corrected chi connectivity index (χ2v) is 9.25. The quantitative estimate of drug-likeness (QED) is 0.657. The number of para-hydroxylation sites is 1. The minimum absolute atomic E-state index is 0.123. The van der Waals surface area contributed by atoms with E-state index in [1.54, 1.807) is 37.3 Å². The summed E-state index contributed by atoms with van der Waals surface area (Å²) in [5.41, 5.74) is 0.751. The molecule has 0 bridgehead atoms. The minimum Gasteiger partial charge on any atom is -0.462 e. The molecule has 0 unspecified atom stereocenters. The number of carbonyl (C=O) groups is 2. The van der Waals surface area contributed by atoms with Gasteiger partial charge in [0.2, 0.25) is 15.9 Å². The number of anilines is 1. The molecule has 1 aliphatic rings. The number of halogens is 1. The number of carbonyl (C=O) groups excluding carboxylic acids is 2. The van der Waals surface area contributed by atoms with Crippen LogP contribution in [0.2, 0.25) is 0 Å². The number of hydrogen-bond donors (Lipinski definition) is 1. The first kappa shape index (κ1) is 22.9. The summed E-state index contributed by atoms with van der Waals surface area (Å²) in [7, 11) is -3.69. The van der Waals surface area contributed by atoms with E-state index < -0.39 is 33.5 Å². The van der Waals surface area contributed by atoms with E-state index in [0.717, 1.165) is 0 Å². The van der Waals surface area contributed by atoms with Crippen LogP contribution in [-0.4, -0.2) is 44.3 Å². The first-order valence-corrected chi connectivity index (χ1v) is 11.7. The largest absolute Gasteiger partial charge is 0.462 e. The summed E-state index contributed by atoms with van der Waals surface area (Å²) in [6.45, 7) is 2.27. The maximum Gasteiger partial charge on any atom is 0.340 e. The van der Waals surface area contributed by atoms with Crippen LogP contribution in [-0.2, 0) is 25.3 Å². The van der Waals surface area contributed by atoms with E-state index in [4.69, 9.17) is 4.74 Å². The Morgan fingerprint density at radius 2 is 1.74 bits per heavy atom. The van der Waals surface area contributed by atoms with E-state index in [1.807, 2.05) is 0 Å². The van der Waals surface area contributed by atoms with Gasteiger partial charge in [0.25, 0.3) is 0 Å². The summed E-state index contributed by atoms with van der Waals surface area (Å²) in [6, 6.07) is 12.4. The number of amides is 1. The molecule has 0 aromatic heterocycles. The molecule has 1 heterocycles. The lowest BCUT2D eigenvalue weighted by molar-refractivity contribution is -0.120. The molecule has 7 nitrogen and oxygen atoms in total. The van der Waals surface area contributed by atoms with Crippen LogP contribution >= 0.6 is 0 Å². The molecule has 0 saturated carbocycles. The SMILES string of the molecule is CCOC(=O)c1ccccc1NC(=O)C1CCN(S(=O)(=O)Cc2ccccc2F)CC1. The average molecular weight is 449 g/mol. The Labute approximate surface area is 181 Å². The van der Waals surface area contributed by atoms with Crippen molar-refractivity contribution in [3.8, 4) is 0 Å². The van der Waals surface area contributed by atoms with Crippen molar-refractivity contribution in [1.82, 2.24) is 4.31 Å². The molecule has 1 amide bonds. The van der Waals surface area contributed by atoms with Crippen molar-refractivity contribution in [2.24, 2.45) is 5.92 Å². The van der Waals surface area contributed by atoms with Crippen LogP contribution < -0.4 is 5.32 Å². The second-order valence-electron chi connectivity index (χ2n) is 7.28. The Kier molecular flexibility index (Phi) is 7.40. The molecular weight excluding hydrogens is 423 g/mol. The molecule has 0 aliphatic carbocycles. The number of ether oxygens (including phenoxy) is 1. The van der Waals surface area contributed by atoms with Crippen molar-refractivity contribution in [2.45, 2.75) is 25.5 Å². The lowest BCUT2D eigenvalue weighted by atomic mass is 9.97. The van der Waals surface area contributed by atoms with Gasteiger partial charge in [0.05, 0.1) is 23.6 Å². The van der Waals surface area contributed by atoms with E-state index in [2.05, 4.69) is 5.32 Å². The molecule has 9 heteroatoms. The minimum atomic E-state index is -3.69. The van der Waals surface area contributed by atoms with Crippen molar-refractivity contribution < 1.29 is 27.1 Å². The third-order valence-corrected chi connectivity index (χ3v) is 7.02. The van der Waals surface area contributed by atoms with E-state index in [-0.39, 0.29) is 36.7 Å². The average Bonchev–Trinajstić information content (AvgIpc) is 2.76. The molecule has 1 N–H and O–H groups in total. The van der Waals surface area contributed by atoms with Crippen molar-refractivity contribution in [3.05, 3.63) is 65.5 Å². The fraction of sp³-hybridized carbons (Fsp3) is 0.364. The van der Waals surface area contributed by atoms with Crippen molar-refractivity contribution in [3.63, 3.8) is 0 Å². The number of benzene rings is 2. The summed E-state index contributed by atoms with van der Waals surface area (Å²) in [6.07, 6.45) is 0.674. The fourth-order valence-electron chi connectivity index (χ4n) is 3.51. The van der Waals surface area contributed by atoms with Gasteiger partial charge in [0, 0.05) is 24.6 Å². The molecule has 2 aromatic rings. The summed E-state index contributed by atoms with van der Waals surface area (Å²) < 4.78 is 45.5. The number of rotatable bonds is 7. The molecule has 1 aliphatic heterocycles. The van der Waals surface area contributed by atoms with Crippen LogP contribution in [0.25, 0.3) is 0 Å². The smallest absolute Gasteiger partial charge is 0.340 e. The Morgan fingerprint density at radius 3 is 2.42 bits per heavy atom. The number of nitrogens with zero attached hydrogens (tertiary/aromatic N) is 1. The monoisotopic (exact) mass is 448 g/mol. The zero-order valence-electron chi connectivity index (χ0n) is 17.2. The number of piperidine rings is 1. The van der Waals surface area contributed by atoms with Gasteiger partial charge in [0.15, 0.2) is 0 Å². The zero-order chi connectivity index (χ0) is 22.4. The van der Waals surface area contributed by atoms with Gasteiger partial charge in [-0.2, -0.15) is 0 Å². The van der Waals surface area contributed by atoms with Gasteiger partial charge in [0.1, 0.15) is 5.82 Å². The fourth-order valence-corrected chi connectivity index (χ4v) is 5.09. The number of esters is 1. The Hall–Kier alpha value is -2.78. The maximum atomic E-state index is 13.8. The van der Waals surface area contributed by atoms with Crippen LogP contribution in [0.3, 0.4) is 0 Å². The van der Waals surface area contributed by atoms with E-state index in [1.165, 1.54) is 22.5 Å². The molecule has 3 rings (SSSR count). The summed E-state index contributed by atoms with van der Waals surface area (Å²) in [4.78, 5) is 24.8. The molecule has 31 heavy (non-hydrogen) atoms. The molecule has 0 atom stereocenters. The molecular formula is C22H25FN2O5S. The van der Waals surface area contributed by atoms with Crippen molar-refractivity contribution in [1.29, 1.82) is 0 Å². The van der Waals surface area contributed by atoms with Gasteiger partial charge in [-0.05, 0) is 38.0 Å². The van der Waals surface area contributed by atoms with Crippen LogP contribution in [0.1, 0.15) is 35.7 Å². The van der Waals surface area contributed by atoms with Crippen LogP contribution in [0.15, 0.2) is 48.5 Å². The zero-order valence-corrected chi connectivity index (χ0v) is 18.0. The Balaban J connectivity index is 1.60. The standard InChI is InChI=1S/C22H25FN2O5S/c1-2-30-22(27)18-8-4-6-10-20(18)24-21(26)16-11-13-25(14-12-16)31(28,29)15-17-7-3-5-9-19(17)23/h3-10,16H,2,11-15H2,1H3,(H,24,26). The highest BCUT2D eigenvalue weighted by Gasteiger charge is 2.32. The Bertz CT molecular complexity index is 1050. The second kappa shape index (κ2) is 10.0. The van der Waals surface area contributed by atoms with Crippen LogP contribution in [0, 0.1) is 11.7 Å².